The van der Waals surface area contributed by atoms with Crippen molar-refractivity contribution in [3.63, 3.8) is 0 Å². The van der Waals surface area contributed by atoms with Gasteiger partial charge in [-0.1, -0.05) is 48.6 Å². The van der Waals surface area contributed by atoms with Crippen LogP contribution in [0.5, 0.6) is 0 Å². The Morgan fingerprint density at radius 1 is 0.960 bits per heavy atom. The van der Waals surface area contributed by atoms with Gasteiger partial charge in [0.1, 0.15) is 0 Å². The predicted octanol–water partition coefficient (Wildman–Crippen LogP) is 4.90. The summed E-state index contributed by atoms with van der Waals surface area (Å²) < 4.78 is 0. The fourth-order valence-electron chi connectivity index (χ4n) is 2.74. The van der Waals surface area contributed by atoms with E-state index in [-0.39, 0.29) is 11.8 Å². The maximum absolute atomic E-state index is 13.1. The summed E-state index contributed by atoms with van der Waals surface area (Å²) in [5.41, 5.74) is 3.21. The molecule has 0 fully saturated rings. The number of imide groups is 1. The Kier molecular flexibility index (Phi) is 6.07. The number of para-hydroxylation sites is 1. The minimum atomic E-state index is -0.307. The highest BCUT2D eigenvalue weighted by atomic mass is 16.2. The molecule has 2 rings (SSSR count). The topological polar surface area (TPSA) is 37.4 Å². The van der Waals surface area contributed by atoms with Gasteiger partial charge in [-0.3, -0.25) is 9.59 Å². The SMILES string of the molecule is C/C=C\C=C1\C(=O)N(c2ccccc2)C(=O)C(/C=C\C)=C1/C(C)=C\C. The first-order valence-corrected chi connectivity index (χ1v) is 8.34. The first kappa shape index (κ1) is 18.4. The Balaban J connectivity index is 2.79. The van der Waals surface area contributed by atoms with Crippen LogP contribution >= 0.6 is 0 Å². The molecule has 0 aromatic heterocycles. The third-order valence-corrected chi connectivity index (χ3v) is 4.04. The number of anilines is 1. The fraction of sp³-hybridized carbons (Fsp3) is 0.182. The molecule has 1 aliphatic rings. The number of rotatable bonds is 4. The van der Waals surface area contributed by atoms with E-state index in [9.17, 15) is 9.59 Å². The van der Waals surface area contributed by atoms with Gasteiger partial charge in [-0.2, -0.15) is 0 Å². The molecule has 1 heterocycles. The van der Waals surface area contributed by atoms with Crippen molar-refractivity contribution in [2.75, 3.05) is 4.90 Å². The van der Waals surface area contributed by atoms with Crippen LogP contribution in [-0.2, 0) is 9.59 Å². The second-order valence-corrected chi connectivity index (χ2v) is 5.65. The van der Waals surface area contributed by atoms with E-state index in [0.29, 0.717) is 22.4 Å². The summed E-state index contributed by atoms with van der Waals surface area (Å²) in [5, 5.41) is 0. The van der Waals surface area contributed by atoms with Crippen LogP contribution in [0.3, 0.4) is 0 Å². The molecule has 0 saturated heterocycles. The van der Waals surface area contributed by atoms with Crippen molar-refractivity contribution in [2.45, 2.75) is 27.7 Å². The average Bonchev–Trinajstić information content (AvgIpc) is 2.63. The zero-order valence-electron chi connectivity index (χ0n) is 15.1. The van der Waals surface area contributed by atoms with Gasteiger partial charge in [0.05, 0.1) is 5.69 Å². The van der Waals surface area contributed by atoms with Crippen LogP contribution in [0.4, 0.5) is 5.69 Å². The van der Waals surface area contributed by atoms with Gasteiger partial charge >= 0.3 is 0 Å². The largest absolute Gasteiger partial charge is 0.268 e. The van der Waals surface area contributed by atoms with Gasteiger partial charge in [0.25, 0.3) is 11.8 Å². The smallest absolute Gasteiger partial charge is 0.265 e. The van der Waals surface area contributed by atoms with Crippen molar-refractivity contribution in [1.29, 1.82) is 0 Å². The standard InChI is InChI=1S/C22H23NO2/c1-5-8-15-19-20(16(4)7-3)18(12-6-2)21(24)23(22(19)25)17-13-10-9-11-14-17/h5-15H,1-4H3/b8-5-,12-6-,16-7-,19-15+. The second-order valence-electron chi connectivity index (χ2n) is 5.65. The third-order valence-electron chi connectivity index (χ3n) is 4.04. The summed E-state index contributed by atoms with van der Waals surface area (Å²) in [6, 6.07) is 9.03. The normalized spacial score (nSPS) is 18.3. The summed E-state index contributed by atoms with van der Waals surface area (Å²) in [7, 11) is 0. The Labute approximate surface area is 149 Å². The average molecular weight is 333 g/mol. The number of carbonyl (C=O) groups excluding carboxylic acids is 2. The minimum absolute atomic E-state index is 0.303. The molecule has 0 bridgehead atoms. The molecule has 0 saturated carbocycles. The van der Waals surface area contributed by atoms with Crippen molar-refractivity contribution in [3.8, 4) is 0 Å². The molecule has 0 aliphatic carbocycles. The van der Waals surface area contributed by atoms with Gasteiger partial charge < -0.3 is 0 Å². The molecule has 0 unspecified atom stereocenters. The Hall–Kier alpha value is -2.94. The van der Waals surface area contributed by atoms with Gasteiger partial charge in [-0.05, 0) is 51.5 Å². The number of benzene rings is 1. The Bertz CT molecular complexity index is 821. The van der Waals surface area contributed by atoms with Gasteiger partial charge in [-0.15, -0.1) is 0 Å². The molecular formula is C22H23NO2. The number of amides is 2. The number of hydrogen-bond donors (Lipinski definition) is 0. The molecule has 0 atom stereocenters. The molecule has 1 aromatic rings. The number of carbonyl (C=O) groups is 2. The summed E-state index contributed by atoms with van der Waals surface area (Å²) in [6.07, 6.45) is 11.0. The van der Waals surface area contributed by atoms with E-state index < -0.39 is 0 Å². The maximum Gasteiger partial charge on any atom is 0.265 e. The molecule has 0 N–H and O–H groups in total. The number of allylic oxidation sites excluding steroid dienone is 6. The summed E-state index contributed by atoms with van der Waals surface area (Å²) in [4.78, 5) is 27.5. The van der Waals surface area contributed by atoms with E-state index in [1.54, 1.807) is 24.3 Å². The van der Waals surface area contributed by atoms with E-state index in [2.05, 4.69) is 0 Å². The zero-order chi connectivity index (χ0) is 18.4. The molecule has 3 heteroatoms. The number of hydrogen-bond acceptors (Lipinski definition) is 2. The van der Waals surface area contributed by atoms with Gasteiger partial charge in [0.15, 0.2) is 0 Å². The fourth-order valence-corrected chi connectivity index (χ4v) is 2.74. The molecule has 3 nitrogen and oxygen atoms in total. The molecule has 128 valence electrons. The molecule has 25 heavy (non-hydrogen) atoms. The molecule has 2 amide bonds. The maximum atomic E-state index is 13.1. The van der Waals surface area contributed by atoms with E-state index in [1.807, 2.05) is 70.2 Å². The van der Waals surface area contributed by atoms with E-state index in [4.69, 9.17) is 0 Å². The Morgan fingerprint density at radius 3 is 2.20 bits per heavy atom. The van der Waals surface area contributed by atoms with Gasteiger partial charge in [0.2, 0.25) is 0 Å². The third kappa shape index (κ3) is 3.61. The lowest BCUT2D eigenvalue weighted by Crippen LogP contribution is -2.43. The highest BCUT2D eigenvalue weighted by Gasteiger charge is 2.36. The minimum Gasteiger partial charge on any atom is -0.268 e. The highest BCUT2D eigenvalue weighted by molar-refractivity contribution is 6.31. The van der Waals surface area contributed by atoms with Crippen molar-refractivity contribution >= 4 is 17.5 Å². The van der Waals surface area contributed by atoms with Crippen LogP contribution < -0.4 is 4.90 Å². The predicted molar refractivity (Wildman–Crippen MR) is 103 cm³/mol. The summed E-state index contributed by atoms with van der Waals surface area (Å²) in [5.74, 6) is -0.609. The van der Waals surface area contributed by atoms with Crippen molar-refractivity contribution in [1.82, 2.24) is 0 Å². The van der Waals surface area contributed by atoms with Crippen LogP contribution in [0.15, 0.2) is 89.1 Å². The highest BCUT2D eigenvalue weighted by Crippen LogP contribution is 2.34. The van der Waals surface area contributed by atoms with Crippen LogP contribution in [-0.4, -0.2) is 11.8 Å². The lowest BCUT2D eigenvalue weighted by Gasteiger charge is -2.30. The quantitative estimate of drug-likeness (QED) is 0.580. The summed E-state index contributed by atoms with van der Waals surface area (Å²) >= 11 is 0. The van der Waals surface area contributed by atoms with E-state index >= 15 is 0 Å². The van der Waals surface area contributed by atoms with Crippen LogP contribution in [0.2, 0.25) is 0 Å². The van der Waals surface area contributed by atoms with Crippen LogP contribution in [0, 0.1) is 0 Å². The lowest BCUT2D eigenvalue weighted by molar-refractivity contribution is -0.123. The Morgan fingerprint density at radius 2 is 1.64 bits per heavy atom. The first-order valence-electron chi connectivity index (χ1n) is 8.34. The molecule has 1 aliphatic heterocycles. The van der Waals surface area contributed by atoms with E-state index in [0.717, 1.165) is 5.57 Å². The van der Waals surface area contributed by atoms with Gasteiger partial charge in [0, 0.05) is 16.7 Å². The molecule has 1 aromatic carbocycles. The monoisotopic (exact) mass is 333 g/mol. The summed E-state index contributed by atoms with van der Waals surface area (Å²) in [6.45, 7) is 7.58. The van der Waals surface area contributed by atoms with Crippen molar-refractivity contribution in [3.05, 3.63) is 89.1 Å². The van der Waals surface area contributed by atoms with Crippen LogP contribution in [0.1, 0.15) is 27.7 Å². The van der Waals surface area contributed by atoms with Gasteiger partial charge in [-0.25, -0.2) is 4.90 Å². The van der Waals surface area contributed by atoms with Crippen molar-refractivity contribution in [2.24, 2.45) is 0 Å². The van der Waals surface area contributed by atoms with Crippen LogP contribution in [0.25, 0.3) is 0 Å². The first-order chi connectivity index (χ1) is 12.1. The van der Waals surface area contributed by atoms with Crippen molar-refractivity contribution < 1.29 is 9.59 Å². The molecule has 0 spiro atoms. The second kappa shape index (κ2) is 8.25. The number of nitrogens with zero attached hydrogens (tertiary/aromatic N) is 1. The van der Waals surface area contributed by atoms with E-state index in [1.165, 1.54) is 4.90 Å². The lowest BCUT2D eigenvalue weighted by atomic mass is 9.87. The zero-order valence-corrected chi connectivity index (χ0v) is 15.1. The molecular weight excluding hydrogens is 310 g/mol. The molecule has 0 radical (unpaired) electrons.